The molecular weight excluding hydrogens is 610 g/mol. The Labute approximate surface area is 255 Å². The van der Waals surface area contributed by atoms with Gasteiger partial charge < -0.3 is 63.2 Å². The Morgan fingerprint density at radius 2 is 1.09 bits per heavy atom. The van der Waals surface area contributed by atoms with Crippen LogP contribution in [0.2, 0.25) is 0 Å². The van der Waals surface area contributed by atoms with E-state index in [9.17, 15) is 48.3 Å². The molecule has 254 valence electrons. The zero-order valence-electron chi connectivity index (χ0n) is 24.4. The highest BCUT2D eigenvalue weighted by molar-refractivity contribution is 5.95. The fourth-order valence-corrected chi connectivity index (χ4v) is 3.26. The van der Waals surface area contributed by atoms with Crippen LogP contribution in [0.4, 0.5) is 0 Å². The van der Waals surface area contributed by atoms with Gasteiger partial charge in [-0.15, -0.1) is 0 Å². The Bertz CT molecular complexity index is 1110. The molecule has 13 N–H and O–H groups in total. The summed E-state index contributed by atoms with van der Waals surface area (Å²) in [6, 6.07) is -7.45. The number of carbonyl (C=O) groups is 9. The minimum absolute atomic E-state index is 0.392. The van der Waals surface area contributed by atoms with E-state index in [4.69, 9.17) is 26.2 Å². The van der Waals surface area contributed by atoms with Gasteiger partial charge in [0.15, 0.2) is 0 Å². The van der Waals surface area contributed by atoms with Gasteiger partial charge >= 0.3 is 17.9 Å². The van der Waals surface area contributed by atoms with Crippen molar-refractivity contribution < 1.29 is 68.7 Å². The molecule has 0 aromatic rings. The molecule has 0 spiro atoms. The summed E-state index contributed by atoms with van der Waals surface area (Å²) >= 11 is 0. The Morgan fingerprint density at radius 1 is 0.622 bits per heavy atom. The van der Waals surface area contributed by atoms with Crippen LogP contribution < -0.4 is 37.6 Å². The van der Waals surface area contributed by atoms with Gasteiger partial charge in [-0.3, -0.25) is 38.4 Å². The maximum Gasteiger partial charge on any atom is 0.328 e. The van der Waals surface area contributed by atoms with Crippen molar-refractivity contribution in [1.82, 2.24) is 31.9 Å². The molecule has 0 saturated heterocycles. The van der Waals surface area contributed by atoms with Gasteiger partial charge in [0.25, 0.3) is 0 Å². The average Bonchev–Trinajstić information content (AvgIpc) is 2.95. The number of amides is 6. The van der Waals surface area contributed by atoms with Crippen molar-refractivity contribution >= 4 is 53.4 Å². The number of carboxylic acids is 3. The number of nitrogens with one attached hydrogen (secondary N) is 6. The third kappa shape index (κ3) is 16.5. The zero-order valence-corrected chi connectivity index (χ0v) is 24.4. The van der Waals surface area contributed by atoms with Crippen LogP contribution in [0.15, 0.2) is 0 Å². The van der Waals surface area contributed by atoms with Gasteiger partial charge in [0.1, 0.15) is 24.2 Å². The normalized spacial score (nSPS) is 14.6. The molecule has 0 saturated carbocycles. The number of aliphatic carboxylic acids is 3. The third-order valence-electron chi connectivity index (χ3n) is 5.72. The van der Waals surface area contributed by atoms with Crippen molar-refractivity contribution in [2.75, 3.05) is 19.7 Å². The number of nitrogens with two attached hydrogens (primary N) is 1. The number of carboxylic acid groups (broad SMARTS) is 3. The van der Waals surface area contributed by atoms with Gasteiger partial charge in [-0.2, -0.15) is 0 Å². The molecule has 0 aliphatic heterocycles. The third-order valence-corrected chi connectivity index (χ3v) is 5.72. The fourth-order valence-electron chi connectivity index (χ4n) is 3.26. The summed E-state index contributed by atoms with van der Waals surface area (Å²) in [4.78, 5) is 107. The molecular formula is C24H39N7O14. The Balaban J connectivity index is 5.26. The largest absolute Gasteiger partial charge is 0.481 e. The van der Waals surface area contributed by atoms with Crippen LogP contribution in [-0.2, 0) is 43.2 Å². The molecule has 0 unspecified atom stereocenters. The second-order valence-corrected chi connectivity index (χ2v) is 9.64. The smallest absolute Gasteiger partial charge is 0.328 e. The van der Waals surface area contributed by atoms with E-state index >= 15 is 0 Å². The quantitative estimate of drug-likeness (QED) is 0.0550. The predicted molar refractivity (Wildman–Crippen MR) is 148 cm³/mol. The van der Waals surface area contributed by atoms with E-state index in [0.29, 0.717) is 0 Å². The van der Waals surface area contributed by atoms with Gasteiger partial charge in [-0.1, -0.05) is 0 Å². The van der Waals surface area contributed by atoms with Crippen LogP contribution in [0.3, 0.4) is 0 Å². The SMILES string of the molecule is C[C@H](N)C(=O)N[C@@H](CCC(=O)O)C(=O)N[C@@H](CCC(=O)O)C(=O)NCC(=O)NCC(=O)N[C@H](C(=O)N[C@@H](CO)C(=O)O)[C@@H](C)O. The summed E-state index contributed by atoms with van der Waals surface area (Å²) in [5.41, 5.74) is 5.46. The van der Waals surface area contributed by atoms with Gasteiger partial charge in [0.05, 0.1) is 31.8 Å². The first-order valence-electron chi connectivity index (χ1n) is 13.3. The van der Waals surface area contributed by atoms with E-state index in [1.807, 2.05) is 5.32 Å². The summed E-state index contributed by atoms with van der Waals surface area (Å²) < 4.78 is 0. The number of hydrogen-bond acceptors (Lipinski definition) is 12. The fraction of sp³-hybridized carbons (Fsp3) is 0.625. The van der Waals surface area contributed by atoms with Crippen LogP contribution in [0, 0.1) is 0 Å². The maximum absolute atomic E-state index is 12.8. The summed E-state index contributed by atoms with van der Waals surface area (Å²) in [5, 5.41) is 58.3. The minimum Gasteiger partial charge on any atom is -0.481 e. The number of carbonyl (C=O) groups excluding carboxylic acids is 6. The lowest BCUT2D eigenvalue weighted by Gasteiger charge is -2.23. The molecule has 21 nitrogen and oxygen atoms in total. The van der Waals surface area contributed by atoms with Gasteiger partial charge in [-0.25, -0.2) is 4.79 Å². The van der Waals surface area contributed by atoms with Crippen molar-refractivity contribution in [2.45, 2.75) is 75.8 Å². The van der Waals surface area contributed by atoms with Gasteiger partial charge in [-0.05, 0) is 26.7 Å². The summed E-state index contributed by atoms with van der Waals surface area (Å²) in [5.74, 6) is -10.2. The second-order valence-electron chi connectivity index (χ2n) is 9.64. The lowest BCUT2D eigenvalue weighted by molar-refractivity contribution is -0.144. The molecule has 0 bridgehead atoms. The molecule has 0 rings (SSSR count). The summed E-state index contributed by atoms with van der Waals surface area (Å²) in [6.45, 7) is -0.130. The van der Waals surface area contributed by atoms with E-state index in [1.165, 1.54) is 6.92 Å². The van der Waals surface area contributed by atoms with E-state index < -0.39 is 135 Å². The molecule has 0 aliphatic rings. The Kier molecular flexibility index (Phi) is 17.9. The molecule has 21 heteroatoms. The first-order valence-corrected chi connectivity index (χ1v) is 13.3. The molecule has 0 aromatic carbocycles. The lowest BCUT2D eigenvalue weighted by atomic mass is 10.1. The van der Waals surface area contributed by atoms with E-state index in [2.05, 4.69) is 26.6 Å². The minimum atomic E-state index is -1.72. The van der Waals surface area contributed by atoms with Crippen molar-refractivity contribution in [1.29, 1.82) is 0 Å². The number of hydrogen-bond donors (Lipinski definition) is 12. The van der Waals surface area contributed by atoms with Crippen molar-refractivity contribution in [3.05, 3.63) is 0 Å². The molecule has 0 heterocycles. The first kappa shape index (κ1) is 40.1. The summed E-state index contributed by atoms with van der Waals surface area (Å²) in [6.07, 6.45) is -3.54. The van der Waals surface area contributed by atoms with Gasteiger partial charge in [0, 0.05) is 12.8 Å². The van der Waals surface area contributed by atoms with E-state index in [1.54, 1.807) is 0 Å². The van der Waals surface area contributed by atoms with Crippen LogP contribution in [0.5, 0.6) is 0 Å². The second kappa shape index (κ2) is 20.1. The number of aliphatic hydroxyl groups excluding tert-OH is 2. The predicted octanol–water partition coefficient (Wildman–Crippen LogP) is -6.31. The highest BCUT2D eigenvalue weighted by atomic mass is 16.4. The molecule has 0 radical (unpaired) electrons. The number of aliphatic hydroxyl groups is 2. The van der Waals surface area contributed by atoms with Crippen LogP contribution in [-0.4, -0.2) is 135 Å². The molecule has 6 atom stereocenters. The maximum atomic E-state index is 12.8. The van der Waals surface area contributed by atoms with Crippen molar-refractivity contribution in [2.24, 2.45) is 5.73 Å². The van der Waals surface area contributed by atoms with Crippen molar-refractivity contribution in [3.8, 4) is 0 Å². The standard InChI is InChI=1S/C24H39N7O14/c1-10(25)20(40)28-13(4-6-18(38)39)22(42)29-12(3-5-17(36)37)21(41)27-7-15(34)26-8-16(35)31-19(11(2)33)23(43)30-14(9-32)24(44)45/h10-14,19,32-33H,3-9,25H2,1-2H3,(H,26,34)(H,27,41)(H,28,40)(H,29,42)(H,30,43)(H,31,35)(H,36,37)(H,38,39)(H,44,45)/t10-,11+,12-,13-,14-,19-/m0/s1. The average molecular weight is 650 g/mol. The highest BCUT2D eigenvalue weighted by Gasteiger charge is 2.30. The highest BCUT2D eigenvalue weighted by Crippen LogP contribution is 2.04. The van der Waals surface area contributed by atoms with E-state index in [-0.39, 0.29) is 0 Å². The lowest BCUT2D eigenvalue weighted by Crippen LogP contribution is -2.58. The molecule has 0 aliphatic carbocycles. The monoisotopic (exact) mass is 649 g/mol. The Morgan fingerprint density at radius 3 is 1.53 bits per heavy atom. The number of rotatable bonds is 21. The molecule has 6 amide bonds. The van der Waals surface area contributed by atoms with Crippen LogP contribution in [0.1, 0.15) is 39.5 Å². The Hall–Kier alpha value is -4.89. The first-order chi connectivity index (χ1) is 20.9. The van der Waals surface area contributed by atoms with Crippen LogP contribution in [0.25, 0.3) is 0 Å². The molecule has 0 fully saturated rings. The molecule has 45 heavy (non-hydrogen) atoms. The van der Waals surface area contributed by atoms with E-state index in [0.717, 1.165) is 6.92 Å². The van der Waals surface area contributed by atoms with Crippen molar-refractivity contribution in [3.63, 3.8) is 0 Å². The molecule has 0 aromatic heterocycles. The van der Waals surface area contributed by atoms with Crippen LogP contribution >= 0.6 is 0 Å². The topological polar surface area (TPSA) is 353 Å². The summed E-state index contributed by atoms with van der Waals surface area (Å²) in [7, 11) is 0. The zero-order chi connectivity index (χ0) is 34.9. The van der Waals surface area contributed by atoms with Gasteiger partial charge in [0.2, 0.25) is 35.4 Å².